The minimum atomic E-state index is -1.57. The van der Waals surface area contributed by atoms with E-state index in [0.717, 1.165) is 0 Å². The normalized spacial score (nSPS) is 19.4. The molecule has 208 valence electrons. The van der Waals surface area contributed by atoms with Gasteiger partial charge in [0.15, 0.2) is 0 Å². The molecule has 1 aliphatic rings. The van der Waals surface area contributed by atoms with E-state index in [1.165, 1.54) is 0 Å². The van der Waals surface area contributed by atoms with Crippen LogP contribution in [-0.2, 0) is 28.8 Å². The number of aliphatic carboxylic acids is 2. The van der Waals surface area contributed by atoms with Crippen molar-refractivity contribution in [2.24, 2.45) is 23.5 Å². The van der Waals surface area contributed by atoms with Gasteiger partial charge in [-0.15, -0.1) is 0 Å². The predicted molar refractivity (Wildman–Crippen MR) is 135 cm³/mol. The highest BCUT2D eigenvalue weighted by atomic mass is 16.4. The predicted octanol–water partition coefficient (Wildman–Crippen LogP) is 0.711. The molecular formula is C26H36N4O8. The van der Waals surface area contributed by atoms with E-state index in [0.29, 0.717) is 31.2 Å². The SMILES string of the molecule is CC(C)C[C@H](NC(=O)[C@H](CC(=O)O)NC(=O)[C@@H](NC(=O)[C@@H]1CCCC[C@H]1C(=O)O)c1ccccc1)C(N)=O. The van der Waals surface area contributed by atoms with Crippen LogP contribution in [0, 0.1) is 17.8 Å². The van der Waals surface area contributed by atoms with Crippen LogP contribution in [-0.4, -0.2) is 57.9 Å². The first kappa shape index (κ1) is 30.3. The molecule has 1 aliphatic carbocycles. The Labute approximate surface area is 220 Å². The molecule has 5 atom stereocenters. The molecule has 1 fully saturated rings. The zero-order valence-corrected chi connectivity index (χ0v) is 21.5. The molecule has 12 heteroatoms. The van der Waals surface area contributed by atoms with Crippen molar-refractivity contribution in [2.45, 2.75) is 70.5 Å². The second-order valence-electron chi connectivity index (χ2n) is 9.94. The molecule has 0 bridgehead atoms. The lowest BCUT2D eigenvalue weighted by molar-refractivity contribution is -0.149. The third-order valence-electron chi connectivity index (χ3n) is 6.48. The molecule has 0 saturated heterocycles. The molecule has 7 N–H and O–H groups in total. The van der Waals surface area contributed by atoms with E-state index in [1.54, 1.807) is 30.3 Å². The van der Waals surface area contributed by atoms with Gasteiger partial charge in [0.25, 0.3) is 0 Å². The fraction of sp³-hybridized carbons (Fsp3) is 0.538. The van der Waals surface area contributed by atoms with Crippen molar-refractivity contribution in [1.82, 2.24) is 16.0 Å². The quantitative estimate of drug-likeness (QED) is 0.213. The Morgan fingerprint density at radius 3 is 1.97 bits per heavy atom. The van der Waals surface area contributed by atoms with Gasteiger partial charge in [-0.3, -0.25) is 28.8 Å². The van der Waals surface area contributed by atoms with Crippen LogP contribution in [0.3, 0.4) is 0 Å². The van der Waals surface area contributed by atoms with E-state index in [9.17, 15) is 39.0 Å². The summed E-state index contributed by atoms with van der Waals surface area (Å²) in [5.74, 6) is -7.41. The molecule has 4 amide bonds. The number of amides is 4. The fourth-order valence-corrected chi connectivity index (χ4v) is 4.56. The maximum absolute atomic E-state index is 13.4. The van der Waals surface area contributed by atoms with Crippen LogP contribution < -0.4 is 21.7 Å². The molecule has 1 aromatic rings. The number of rotatable bonds is 13. The summed E-state index contributed by atoms with van der Waals surface area (Å²) in [6.45, 7) is 3.62. The summed E-state index contributed by atoms with van der Waals surface area (Å²) in [7, 11) is 0. The first-order valence-corrected chi connectivity index (χ1v) is 12.6. The molecule has 2 rings (SSSR count). The van der Waals surface area contributed by atoms with Crippen molar-refractivity contribution in [2.75, 3.05) is 0 Å². The summed E-state index contributed by atoms with van der Waals surface area (Å²) >= 11 is 0. The van der Waals surface area contributed by atoms with E-state index in [2.05, 4.69) is 16.0 Å². The number of hydrogen-bond donors (Lipinski definition) is 6. The molecule has 0 heterocycles. The summed E-state index contributed by atoms with van der Waals surface area (Å²) in [6, 6.07) is 4.13. The zero-order chi connectivity index (χ0) is 28.4. The smallest absolute Gasteiger partial charge is 0.307 e. The highest BCUT2D eigenvalue weighted by Crippen LogP contribution is 2.31. The van der Waals surface area contributed by atoms with Crippen molar-refractivity contribution in [3.05, 3.63) is 35.9 Å². The molecular weight excluding hydrogens is 496 g/mol. The summed E-state index contributed by atoms with van der Waals surface area (Å²) < 4.78 is 0. The number of carboxylic acids is 2. The van der Waals surface area contributed by atoms with Gasteiger partial charge in [-0.05, 0) is 30.7 Å². The number of nitrogens with one attached hydrogen (secondary N) is 3. The Kier molecular flexibility index (Phi) is 11.2. The summed E-state index contributed by atoms with van der Waals surface area (Å²) in [6.07, 6.45) is 1.46. The third-order valence-corrected chi connectivity index (χ3v) is 6.48. The number of hydrogen-bond acceptors (Lipinski definition) is 6. The van der Waals surface area contributed by atoms with Crippen LogP contribution in [0.15, 0.2) is 30.3 Å². The molecule has 0 unspecified atom stereocenters. The average Bonchev–Trinajstić information content (AvgIpc) is 2.86. The van der Waals surface area contributed by atoms with Gasteiger partial charge in [0.1, 0.15) is 18.1 Å². The lowest BCUT2D eigenvalue weighted by atomic mass is 9.78. The van der Waals surface area contributed by atoms with Crippen LogP contribution in [0.2, 0.25) is 0 Å². The van der Waals surface area contributed by atoms with Gasteiger partial charge in [0, 0.05) is 0 Å². The molecule has 0 aromatic heterocycles. The maximum Gasteiger partial charge on any atom is 0.307 e. The van der Waals surface area contributed by atoms with Crippen LogP contribution >= 0.6 is 0 Å². The van der Waals surface area contributed by atoms with Gasteiger partial charge in [-0.1, -0.05) is 57.0 Å². The summed E-state index contributed by atoms with van der Waals surface area (Å²) in [4.78, 5) is 74.4. The fourth-order valence-electron chi connectivity index (χ4n) is 4.56. The Morgan fingerprint density at radius 1 is 0.868 bits per heavy atom. The van der Waals surface area contributed by atoms with Crippen LogP contribution in [0.4, 0.5) is 0 Å². The second kappa shape index (κ2) is 14.1. The second-order valence-corrected chi connectivity index (χ2v) is 9.94. The highest BCUT2D eigenvalue weighted by Gasteiger charge is 2.38. The van der Waals surface area contributed by atoms with Crippen LogP contribution in [0.25, 0.3) is 0 Å². The molecule has 0 aliphatic heterocycles. The van der Waals surface area contributed by atoms with Crippen molar-refractivity contribution < 1.29 is 39.0 Å². The highest BCUT2D eigenvalue weighted by molar-refractivity contribution is 5.96. The number of nitrogens with two attached hydrogens (primary N) is 1. The van der Waals surface area contributed by atoms with Crippen molar-refractivity contribution in [3.63, 3.8) is 0 Å². The molecule has 1 saturated carbocycles. The Morgan fingerprint density at radius 2 is 1.45 bits per heavy atom. The molecule has 0 spiro atoms. The first-order valence-electron chi connectivity index (χ1n) is 12.6. The average molecular weight is 533 g/mol. The maximum atomic E-state index is 13.4. The number of benzene rings is 1. The standard InChI is InChI=1S/C26H36N4O8/c1-14(2)12-18(22(27)33)28-24(35)19(13-20(31)32)29-25(36)21(15-8-4-3-5-9-15)30-23(34)16-10-6-7-11-17(16)26(37)38/h3-5,8-9,14,16-19,21H,6-7,10-13H2,1-2H3,(H2,27,33)(H,28,35)(H,29,36)(H,30,34)(H,31,32)(H,37,38)/t16-,17-,18+,19+,21+/m1/s1. The van der Waals surface area contributed by atoms with Gasteiger partial charge in [-0.2, -0.15) is 0 Å². The minimum Gasteiger partial charge on any atom is -0.481 e. The number of carbonyl (C=O) groups is 6. The van der Waals surface area contributed by atoms with Crippen molar-refractivity contribution in [3.8, 4) is 0 Å². The lowest BCUT2D eigenvalue weighted by Gasteiger charge is -2.30. The zero-order valence-electron chi connectivity index (χ0n) is 21.5. The Hall–Kier alpha value is -3.96. The van der Waals surface area contributed by atoms with Gasteiger partial charge in [0.2, 0.25) is 23.6 Å². The third kappa shape index (κ3) is 8.86. The monoisotopic (exact) mass is 532 g/mol. The largest absolute Gasteiger partial charge is 0.481 e. The van der Waals surface area contributed by atoms with Crippen molar-refractivity contribution >= 4 is 35.6 Å². The first-order chi connectivity index (χ1) is 17.9. The Balaban J connectivity index is 2.28. The Bertz CT molecular complexity index is 1030. The molecule has 38 heavy (non-hydrogen) atoms. The number of carbonyl (C=O) groups excluding carboxylic acids is 4. The van der Waals surface area contributed by atoms with Crippen LogP contribution in [0.5, 0.6) is 0 Å². The lowest BCUT2D eigenvalue weighted by Crippen LogP contribution is -2.55. The number of primary amides is 1. The van der Waals surface area contributed by atoms with E-state index >= 15 is 0 Å². The van der Waals surface area contributed by atoms with E-state index < -0.39 is 71.9 Å². The topological polar surface area (TPSA) is 205 Å². The van der Waals surface area contributed by atoms with Gasteiger partial charge in [-0.25, -0.2) is 0 Å². The van der Waals surface area contributed by atoms with Crippen molar-refractivity contribution in [1.29, 1.82) is 0 Å². The van der Waals surface area contributed by atoms with Crippen LogP contribution in [0.1, 0.15) is 64.0 Å². The van der Waals surface area contributed by atoms with Gasteiger partial charge in [0.05, 0.1) is 18.3 Å². The summed E-state index contributed by atoms with van der Waals surface area (Å²) in [5.41, 5.74) is 5.72. The number of carboxylic acid groups (broad SMARTS) is 2. The van der Waals surface area contributed by atoms with E-state index in [1.807, 2.05) is 13.8 Å². The molecule has 12 nitrogen and oxygen atoms in total. The summed E-state index contributed by atoms with van der Waals surface area (Å²) in [5, 5.41) is 26.3. The van der Waals surface area contributed by atoms with E-state index in [-0.39, 0.29) is 12.3 Å². The minimum absolute atomic E-state index is 0.00703. The van der Waals surface area contributed by atoms with Gasteiger partial charge < -0.3 is 31.9 Å². The molecule has 1 aromatic carbocycles. The van der Waals surface area contributed by atoms with Gasteiger partial charge >= 0.3 is 11.9 Å². The van der Waals surface area contributed by atoms with E-state index in [4.69, 9.17) is 5.73 Å². The molecule has 0 radical (unpaired) electrons.